The van der Waals surface area contributed by atoms with E-state index in [4.69, 9.17) is 10.5 Å². The number of carbonyl (C=O) groups is 1. The molecular weight excluding hydrogens is 290 g/mol. The van der Waals surface area contributed by atoms with E-state index in [0.29, 0.717) is 24.0 Å². The van der Waals surface area contributed by atoms with Gasteiger partial charge in [0.05, 0.1) is 18.1 Å². The first-order valence-corrected chi connectivity index (χ1v) is 9.45. The Kier molecular flexibility index (Phi) is 5.60. The van der Waals surface area contributed by atoms with Gasteiger partial charge in [0.1, 0.15) is 0 Å². The lowest BCUT2D eigenvalue weighted by Gasteiger charge is -2.40. The summed E-state index contributed by atoms with van der Waals surface area (Å²) in [5, 5.41) is 0. The first-order valence-electron chi connectivity index (χ1n) is 9.45. The van der Waals surface area contributed by atoms with Crippen molar-refractivity contribution in [2.75, 3.05) is 32.7 Å². The van der Waals surface area contributed by atoms with Crippen LogP contribution in [0.4, 0.5) is 0 Å². The number of hydrogen-bond acceptors (Lipinski definition) is 4. The van der Waals surface area contributed by atoms with E-state index in [1.165, 1.54) is 0 Å². The van der Waals surface area contributed by atoms with Crippen LogP contribution in [0.2, 0.25) is 0 Å². The Morgan fingerprint density at radius 1 is 1.09 bits per heavy atom. The number of likely N-dealkylation sites (tertiary alicyclic amines) is 1. The van der Waals surface area contributed by atoms with Crippen molar-refractivity contribution in [1.29, 1.82) is 0 Å². The molecule has 132 valence electrons. The highest BCUT2D eigenvalue weighted by Gasteiger charge is 2.35. The molecule has 3 aliphatic rings. The van der Waals surface area contributed by atoms with Gasteiger partial charge in [-0.05, 0) is 45.4 Å². The Labute approximate surface area is 140 Å². The monoisotopic (exact) mass is 323 g/mol. The number of rotatable bonds is 3. The molecule has 1 amide bonds. The van der Waals surface area contributed by atoms with Crippen molar-refractivity contribution in [1.82, 2.24) is 9.80 Å². The molecule has 23 heavy (non-hydrogen) atoms. The summed E-state index contributed by atoms with van der Waals surface area (Å²) < 4.78 is 5.81. The average molecular weight is 323 g/mol. The molecule has 5 nitrogen and oxygen atoms in total. The third kappa shape index (κ3) is 4.25. The highest BCUT2D eigenvalue weighted by molar-refractivity contribution is 5.80. The maximum Gasteiger partial charge on any atom is 0.227 e. The van der Waals surface area contributed by atoms with Gasteiger partial charge in [-0.3, -0.25) is 9.69 Å². The summed E-state index contributed by atoms with van der Waals surface area (Å²) in [6, 6.07) is 0.0940. The van der Waals surface area contributed by atoms with Crippen molar-refractivity contribution in [2.24, 2.45) is 17.6 Å². The zero-order valence-electron chi connectivity index (χ0n) is 14.7. The van der Waals surface area contributed by atoms with Crippen molar-refractivity contribution in [2.45, 2.75) is 64.2 Å². The van der Waals surface area contributed by atoms with E-state index in [-0.39, 0.29) is 12.0 Å². The third-order valence-corrected chi connectivity index (χ3v) is 5.82. The van der Waals surface area contributed by atoms with Crippen LogP contribution in [-0.2, 0) is 9.53 Å². The molecule has 2 saturated heterocycles. The van der Waals surface area contributed by atoms with Crippen LogP contribution in [0.3, 0.4) is 0 Å². The van der Waals surface area contributed by atoms with Crippen molar-refractivity contribution < 1.29 is 9.53 Å². The summed E-state index contributed by atoms with van der Waals surface area (Å²) in [6.07, 6.45) is 6.06. The molecule has 0 aromatic rings. The fourth-order valence-electron chi connectivity index (χ4n) is 4.66. The van der Waals surface area contributed by atoms with Crippen LogP contribution in [0, 0.1) is 11.8 Å². The number of hydrogen-bond donors (Lipinski definition) is 1. The van der Waals surface area contributed by atoms with Gasteiger partial charge in [-0.2, -0.15) is 0 Å². The third-order valence-electron chi connectivity index (χ3n) is 5.82. The van der Waals surface area contributed by atoms with Crippen molar-refractivity contribution in [3.8, 4) is 0 Å². The Morgan fingerprint density at radius 3 is 2.30 bits per heavy atom. The zero-order chi connectivity index (χ0) is 16.4. The molecule has 3 rings (SSSR count). The van der Waals surface area contributed by atoms with E-state index in [2.05, 4.69) is 23.6 Å². The van der Waals surface area contributed by atoms with Crippen LogP contribution in [0.25, 0.3) is 0 Å². The molecule has 3 fully saturated rings. The first-order chi connectivity index (χ1) is 11.0. The number of morpholine rings is 1. The second-order valence-electron chi connectivity index (χ2n) is 7.95. The van der Waals surface area contributed by atoms with E-state index in [0.717, 1.165) is 64.8 Å². The minimum Gasteiger partial charge on any atom is -0.373 e. The summed E-state index contributed by atoms with van der Waals surface area (Å²) in [5.74, 6) is 1.13. The van der Waals surface area contributed by atoms with Crippen molar-refractivity contribution in [3.63, 3.8) is 0 Å². The van der Waals surface area contributed by atoms with Gasteiger partial charge < -0.3 is 15.4 Å². The molecule has 0 radical (unpaired) electrons. The normalized spacial score (nSPS) is 37.3. The standard InChI is InChI=1S/C18H33N3O2/c1-13-10-20(11-14(2)23-13)12-15-6-8-21(9-7-15)18(22)16-4-3-5-17(16)19/h13-17H,3-12,19H2,1-2H3/t13-,14-,16-,17-/m1/s1. The molecule has 0 bridgehead atoms. The van der Waals surface area contributed by atoms with Crippen molar-refractivity contribution >= 4 is 5.91 Å². The Hall–Kier alpha value is -0.650. The zero-order valence-corrected chi connectivity index (χ0v) is 14.7. The maximum atomic E-state index is 12.6. The number of amides is 1. The predicted octanol–water partition coefficient (Wildman–Crippen LogP) is 1.46. The first kappa shape index (κ1) is 17.2. The second-order valence-corrected chi connectivity index (χ2v) is 7.95. The summed E-state index contributed by atoms with van der Waals surface area (Å²) >= 11 is 0. The van der Waals surface area contributed by atoms with E-state index in [9.17, 15) is 4.79 Å². The van der Waals surface area contributed by atoms with E-state index in [1.54, 1.807) is 0 Å². The lowest BCUT2D eigenvalue weighted by Crippen LogP contribution is -2.49. The minimum absolute atomic E-state index is 0.0903. The SMILES string of the molecule is C[C@@H]1CN(CC2CCN(C(=O)[C@@H]3CCC[C@H]3N)CC2)C[C@@H](C)O1. The molecule has 1 saturated carbocycles. The van der Waals surface area contributed by atoms with Gasteiger partial charge in [0, 0.05) is 38.8 Å². The van der Waals surface area contributed by atoms with Crippen LogP contribution in [0.15, 0.2) is 0 Å². The summed E-state index contributed by atoms with van der Waals surface area (Å²) in [7, 11) is 0. The number of nitrogens with two attached hydrogens (primary N) is 1. The van der Waals surface area contributed by atoms with Crippen LogP contribution in [0.1, 0.15) is 46.0 Å². The van der Waals surface area contributed by atoms with Crippen LogP contribution in [-0.4, -0.2) is 66.7 Å². The molecule has 0 unspecified atom stereocenters. The predicted molar refractivity (Wildman–Crippen MR) is 91.1 cm³/mol. The van der Waals surface area contributed by atoms with Crippen LogP contribution in [0.5, 0.6) is 0 Å². The van der Waals surface area contributed by atoms with Crippen LogP contribution < -0.4 is 5.73 Å². The molecule has 2 heterocycles. The highest BCUT2D eigenvalue weighted by atomic mass is 16.5. The molecule has 0 spiro atoms. The largest absolute Gasteiger partial charge is 0.373 e. The van der Waals surface area contributed by atoms with Gasteiger partial charge in [0.15, 0.2) is 0 Å². The number of ether oxygens (including phenoxy) is 1. The minimum atomic E-state index is 0.0903. The highest BCUT2D eigenvalue weighted by Crippen LogP contribution is 2.28. The van der Waals surface area contributed by atoms with E-state index in [1.807, 2.05) is 0 Å². The van der Waals surface area contributed by atoms with Gasteiger partial charge in [-0.25, -0.2) is 0 Å². The molecule has 0 aromatic heterocycles. The van der Waals surface area contributed by atoms with Gasteiger partial charge in [0.25, 0.3) is 0 Å². The van der Waals surface area contributed by atoms with Gasteiger partial charge >= 0.3 is 0 Å². The molecular formula is C18H33N3O2. The Balaban J connectivity index is 1.44. The second kappa shape index (κ2) is 7.49. The molecule has 2 aliphatic heterocycles. The number of carbonyl (C=O) groups excluding carboxylic acids is 1. The number of nitrogens with zero attached hydrogens (tertiary/aromatic N) is 2. The molecule has 5 heteroatoms. The fraction of sp³-hybridized carbons (Fsp3) is 0.944. The van der Waals surface area contributed by atoms with E-state index < -0.39 is 0 Å². The summed E-state index contributed by atoms with van der Waals surface area (Å²) in [4.78, 5) is 17.2. The maximum absolute atomic E-state index is 12.6. The van der Waals surface area contributed by atoms with Gasteiger partial charge in [0.2, 0.25) is 5.91 Å². The summed E-state index contributed by atoms with van der Waals surface area (Å²) in [6.45, 7) is 9.40. The van der Waals surface area contributed by atoms with Crippen molar-refractivity contribution in [3.05, 3.63) is 0 Å². The van der Waals surface area contributed by atoms with Gasteiger partial charge in [-0.15, -0.1) is 0 Å². The van der Waals surface area contributed by atoms with Crippen LogP contribution >= 0.6 is 0 Å². The van der Waals surface area contributed by atoms with E-state index >= 15 is 0 Å². The molecule has 4 atom stereocenters. The summed E-state index contributed by atoms with van der Waals surface area (Å²) in [5.41, 5.74) is 6.10. The molecule has 0 aromatic carbocycles. The fourth-order valence-corrected chi connectivity index (χ4v) is 4.66. The average Bonchev–Trinajstić information content (AvgIpc) is 2.92. The smallest absolute Gasteiger partial charge is 0.227 e. The Morgan fingerprint density at radius 2 is 1.74 bits per heavy atom. The number of piperidine rings is 1. The lowest BCUT2D eigenvalue weighted by atomic mass is 9.93. The quantitative estimate of drug-likeness (QED) is 0.854. The lowest BCUT2D eigenvalue weighted by molar-refractivity contribution is -0.137. The molecule has 2 N–H and O–H groups in total. The topological polar surface area (TPSA) is 58.8 Å². The molecule has 1 aliphatic carbocycles. The van der Waals surface area contributed by atoms with Gasteiger partial charge in [-0.1, -0.05) is 6.42 Å². The Bertz CT molecular complexity index is 399.